The van der Waals surface area contributed by atoms with Crippen molar-refractivity contribution in [2.45, 2.75) is 97.9 Å². The third-order valence-corrected chi connectivity index (χ3v) is 6.48. The van der Waals surface area contributed by atoms with E-state index in [1.165, 1.54) is 4.90 Å². The highest BCUT2D eigenvalue weighted by atomic mass is 32.2. The number of benzene rings is 1. The molecule has 3 unspecified atom stereocenters. The summed E-state index contributed by atoms with van der Waals surface area (Å²) in [5.74, 6) is -0.140. The molecule has 0 aliphatic carbocycles. The number of hydrogen-bond acceptors (Lipinski definition) is 6. The maximum absolute atomic E-state index is 14.1. The van der Waals surface area contributed by atoms with Gasteiger partial charge in [0, 0.05) is 18.2 Å². The number of hydrogen-bond donors (Lipinski definition) is 3. The van der Waals surface area contributed by atoms with E-state index in [1.807, 2.05) is 27.0 Å². The number of phenolic OH excluding ortho intramolecular Hbond substituents is 1. The number of thioether (sulfide) groups is 1. The number of ether oxygens (including phenoxy) is 1. The first-order valence-corrected chi connectivity index (χ1v) is 14.1. The van der Waals surface area contributed by atoms with Gasteiger partial charge in [0.25, 0.3) is 0 Å². The normalized spacial score (nSPS) is 13.9. The van der Waals surface area contributed by atoms with Gasteiger partial charge in [-0.15, -0.1) is 0 Å². The van der Waals surface area contributed by atoms with E-state index in [0.29, 0.717) is 36.3 Å². The molecule has 0 aliphatic rings. The van der Waals surface area contributed by atoms with E-state index in [-0.39, 0.29) is 23.6 Å². The number of amides is 3. The predicted molar refractivity (Wildman–Crippen MR) is 146 cm³/mol. The van der Waals surface area contributed by atoms with Crippen LogP contribution in [0.2, 0.25) is 0 Å². The maximum atomic E-state index is 14.1. The minimum Gasteiger partial charge on any atom is -0.507 e. The van der Waals surface area contributed by atoms with Crippen LogP contribution in [0.5, 0.6) is 5.75 Å². The summed E-state index contributed by atoms with van der Waals surface area (Å²) in [6.45, 7) is 13.3. The molecular weight excluding hydrogens is 478 g/mol. The summed E-state index contributed by atoms with van der Waals surface area (Å²) in [6.07, 6.45) is 3.90. The van der Waals surface area contributed by atoms with Crippen molar-refractivity contribution in [3.8, 4) is 5.75 Å². The van der Waals surface area contributed by atoms with Gasteiger partial charge in [-0.25, -0.2) is 4.79 Å². The van der Waals surface area contributed by atoms with Crippen LogP contribution in [0.1, 0.15) is 84.4 Å². The van der Waals surface area contributed by atoms with Crippen molar-refractivity contribution >= 4 is 29.7 Å². The predicted octanol–water partition coefficient (Wildman–Crippen LogP) is 4.93. The summed E-state index contributed by atoms with van der Waals surface area (Å²) in [6, 6.07) is 2.91. The number of para-hydroxylation sites is 1. The summed E-state index contributed by atoms with van der Waals surface area (Å²) in [7, 11) is 0. The van der Waals surface area contributed by atoms with Gasteiger partial charge in [0.1, 0.15) is 23.4 Å². The SMILES string of the molecule is CCCCNC(=O)C(c1cccc(C)c1O)N(C(=O)C(CCSC)NC(=O)OC(C)(C)C)C(C)CC. The standard InChI is InChI=1S/C27H45N3O5S/c1-9-11-16-28-24(32)22(20-14-12-13-18(3)23(20)31)30(19(4)10-2)25(33)21(15-17-36-8)29-26(34)35-27(5,6)7/h12-14,19,21-22,31H,9-11,15-17H2,1-8H3,(H,28,32)(H,29,34). The van der Waals surface area contributed by atoms with E-state index in [0.717, 1.165) is 12.8 Å². The Morgan fingerprint density at radius 3 is 2.42 bits per heavy atom. The van der Waals surface area contributed by atoms with Gasteiger partial charge in [0.15, 0.2) is 0 Å². The number of aromatic hydroxyl groups is 1. The van der Waals surface area contributed by atoms with Gasteiger partial charge in [-0.3, -0.25) is 9.59 Å². The van der Waals surface area contributed by atoms with Crippen molar-refractivity contribution in [2.24, 2.45) is 0 Å². The quantitative estimate of drug-likeness (QED) is 0.316. The molecule has 0 heterocycles. The minimum atomic E-state index is -1.05. The van der Waals surface area contributed by atoms with Crippen LogP contribution in [0.15, 0.2) is 18.2 Å². The van der Waals surface area contributed by atoms with Crippen LogP contribution >= 0.6 is 11.8 Å². The summed E-state index contributed by atoms with van der Waals surface area (Å²) >= 11 is 1.56. The number of alkyl carbamates (subject to hydrolysis) is 1. The molecule has 1 aromatic rings. The van der Waals surface area contributed by atoms with E-state index < -0.39 is 23.8 Å². The number of nitrogens with one attached hydrogen (secondary N) is 2. The number of rotatable bonds is 13. The van der Waals surface area contributed by atoms with Gasteiger partial charge < -0.3 is 25.4 Å². The molecule has 0 aliphatic heterocycles. The smallest absolute Gasteiger partial charge is 0.408 e. The Bertz CT molecular complexity index is 871. The van der Waals surface area contributed by atoms with Crippen LogP contribution < -0.4 is 10.6 Å². The third kappa shape index (κ3) is 9.56. The molecule has 0 spiro atoms. The fraction of sp³-hybridized carbons (Fsp3) is 0.667. The maximum Gasteiger partial charge on any atom is 0.408 e. The second kappa shape index (κ2) is 15.0. The first kappa shape index (κ1) is 31.6. The molecule has 36 heavy (non-hydrogen) atoms. The lowest BCUT2D eigenvalue weighted by atomic mass is 9.97. The Hall–Kier alpha value is -2.42. The van der Waals surface area contributed by atoms with Gasteiger partial charge in [0.2, 0.25) is 11.8 Å². The molecule has 3 amide bonds. The lowest BCUT2D eigenvalue weighted by Gasteiger charge is -2.38. The highest BCUT2D eigenvalue weighted by Crippen LogP contribution is 2.34. The monoisotopic (exact) mass is 523 g/mol. The zero-order chi connectivity index (χ0) is 27.5. The molecule has 204 valence electrons. The van der Waals surface area contributed by atoms with E-state index in [1.54, 1.807) is 57.7 Å². The Labute approximate surface area is 220 Å². The molecule has 3 atom stereocenters. The number of phenols is 1. The van der Waals surface area contributed by atoms with E-state index >= 15 is 0 Å². The summed E-state index contributed by atoms with van der Waals surface area (Å²) in [5.41, 5.74) is 0.252. The van der Waals surface area contributed by atoms with Gasteiger partial charge in [-0.05, 0) is 71.5 Å². The number of unbranched alkanes of at least 4 members (excludes halogenated alkanes) is 1. The van der Waals surface area contributed by atoms with Crippen LogP contribution in [0.3, 0.4) is 0 Å². The first-order chi connectivity index (χ1) is 16.9. The van der Waals surface area contributed by atoms with Gasteiger partial charge in [-0.1, -0.05) is 38.5 Å². The van der Waals surface area contributed by atoms with E-state index in [2.05, 4.69) is 10.6 Å². The van der Waals surface area contributed by atoms with Crippen molar-refractivity contribution in [3.63, 3.8) is 0 Å². The lowest BCUT2D eigenvalue weighted by molar-refractivity contribution is -0.145. The highest BCUT2D eigenvalue weighted by molar-refractivity contribution is 7.98. The van der Waals surface area contributed by atoms with Crippen molar-refractivity contribution in [2.75, 3.05) is 18.6 Å². The second-order valence-corrected chi connectivity index (χ2v) is 11.0. The molecule has 0 saturated carbocycles. The average Bonchev–Trinajstić information content (AvgIpc) is 2.80. The van der Waals surface area contributed by atoms with Crippen LogP contribution in [0.25, 0.3) is 0 Å². The molecule has 3 N–H and O–H groups in total. The Balaban J connectivity index is 3.54. The summed E-state index contributed by atoms with van der Waals surface area (Å²) in [5, 5.41) is 16.6. The first-order valence-electron chi connectivity index (χ1n) is 12.7. The van der Waals surface area contributed by atoms with Gasteiger partial charge in [0.05, 0.1) is 0 Å². The Morgan fingerprint density at radius 2 is 1.86 bits per heavy atom. The molecule has 0 bridgehead atoms. The summed E-state index contributed by atoms with van der Waals surface area (Å²) in [4.78, 5) is 41.8. The molecule has 0 fully saturated rings. The van der Waals surface area contributed by atoms with E-state index in [9.17, 15) is 19.5 Å². The van der Waals surface area contributed by atoms with Crippen LogP contribution in [-0.2, 0) is 14.3 Å². The van der Waals surface area contributed by atoms with Crippen molar-refractivity contribution < 1.29 is 24.2 Å². The minimum absolute atomic E-state index is 0.0185. The fourth-order valence-corrected chi connectivity index (χ4v) is 4.19. The van der Waals surface area contributed by atoms with Crippen molar-refractivity contribution in [1.29, 1.82) is 0 Å². The topological polar surface area (TPSA) is 108 Å². The number of carbonyl (C=O) groups excluding carboxylic acids is 3. The molecular formula is C27H45N3O5S. The van der Waals surface area contributed by atoms with Crippen molar-refractivity contribution in [3.05, 3.63) is 29.3 Å². The fourth-order valence-electron chi connectivity index (χ4n) is 3.72. The zero-order valence-corrected chi connectivity index (χ0v) is 24.0. The van der Waals surface area contributed by atoms with Crippen LogP contribution in [-0.4, -0.2) is 64.2 Å². The highest BCUT2D eigenvalue weighted by Gasteiger charge is 2.39. The largest absolute Gasteiger partial charge is 0.507 e. The second-order valence-electron chi connectivity index (χ2n) is 10.0. The molecule has 0 saturated heterocycles. The number of carbonyl (C=O) groups is 3. The molecule has 0 aromatic heterocycles. The van der Waals surface area contributed by atoms with E-state index in [4.69, 9.17) is 4.74 Å². The lowest BCUT2D eigenvalue weighted by Crippen LogP contribution is -2.55. The molecule has 1 rings (SSSR count). The Morgan fingerprint density at radius 1 is 1.19 bits per heavy atom. The summed E-state index contributed by atoms with van der Waals surface area (Å²) < 4.78 is 5.41. The average molecular weight is 524 g/mol. The Kier molecular flexibility index (Phi) is 13.1. The van der Waals surface area contributed by atoms with Crippen molar-refractivity contribution in [1.82, 2.24) is 15.5 Å². The van der Waals surface area contributed by atoms with Gasteiger partial charge >= 0.3 is 6.09 Å². The van der Waals surface area contributed by atoms with Crippen LogP contribution in [0.4, 0.5) is 4.79 Å². The number of aryl methyl sites for hydroxylation is 1. The third-order valence-electron chi connectivity index (χ3n) is 5.84. The zero-order valence-electron chi connectivity index (χ0n) is 23.1. The van der Waals surface area contributed by atoms with Gasteiger partial charge in [-0.2, -0.15) is 11.8 Å². The molecule has 9 heteroatoms. The molecule has 0 radical (unpaired) electrons. The van der Waals surface area contributed by atoms with Crippen LogP contribution in [0, 0.1) is 6.92 Å². The molecule has 1 aromatic carbocycles. The number of nitrogens with zero attached hydrogens (tertiary/aromatic N) is 1. The molecule has 8 nitrogen and oxygen atoms in total.